The molecule has 1 aliphatic rings. The minimum Gasteiger partial charge on any atom is -0.455 e. The maximum Gasteiger partial charge on any atom is 0.159 e. The van der Waals surface area contributed by atoms with Gasteiger partial charge in [0.05, 0.1) is 15.7 Å². The van der Waals surface area contributed by atoms with Crippen molar-refractivity contribution >= 4 is 32.5 Å². The highest BCUT2D eigenvalue weighted by Crippen LogP contribution is 2.40. The third-order valence-electron chi connectivity index (χ3n) is 2.64. The van der Waals surface area contributed by atoms with E-state index in [1.165, 1.54) is 0 Å². The molecule has 0 saturated heterocycles. The monoisotopic (exact) mass is 320 g/mol. The van der Waals surface area contributed by atoms with Gasteiger partial charge in [0.2, 0.25) is 0 Å². The minimum atomic E-state index is -1.17. The van der Waals surface area contributed by atoms with E-state index < -0.39 is 10.8 Å². The average molecular weight is 321 g/mol. The fraction of sp³-hybridized carbons (Fsp3) is 0. The van der Waals surface area contributed by atoms with Crippen LogP contribution in [-0.4, -0.2) is 4.21 Å². The molecule has 4 heteroatoms. The first-order valence-corrected chi connectivity index (χ1v) is 7.35. The molecule has 1 atom stereocenters. The molecule has 1 aliphatic heterocycles. The summed E-state index contributed by atoms with van der Waals surface area (Å²) in [6.07, 6.45) is 0. The lowest BCUT2D eigenvalue weighted by molar-refractivity contribution is 0.515. The van der Waals surface area contributed by atoms with Crippen LogP contribution in [0.25, 0.3) is 5.76 Å². The van der Waals surface area contributed by atoms with Gasteiger partial charge in [-0.3, -0.25) is 0 Å². The Labute approximate surface area is 116 Å². The van der Waals surface area contributed by atoms with E-state index in [4.69, 9.17) is 4.74 Å². The Morgan fingerprint density at radius 3 is 2.39 bits per heavy atom. The standard InChI is InChI=1S/C14H9BrO2S/c15-14-13(17-10-6-2-1-3-7-10)11-8-4-5-9-12(11)18(14)16/h1-9H. The van der Waals surface area contributed by atoms with Crippen molar-refractivity contribution in [3.05, 3.63) is 64.0 Å². The second-order valence-electron chi connectivity index (χ2n) is 3.78. The first-order valence-electron chi connectivity index (χ1n) is 5.41. The number of para-hydroxylation sites is 1. The summed E-state index contributed by atoms with van der Waals surface area (Å²) in [5.74, 6) is 1.37. The van der Waals surface area contributed by atoms with Crippen molar-refractivity contribution < 1.29 is 8.95 Å². The highest BCUT2D eigenvalue weighted by Gasteiger charge is 2.28. The molecule has 90 valence electrons. The van der Waals surface area contributed by atoms with Crippen molar-refractivity contribution in [2.45, 2.75) is 4.90 Å². The molecule has 3 rings (SSSR count). The van der Waals surface area contributed by atoms with Gasteiger partial charge >= 0.3 is 0 Å². The highest BCUT2D eigenvalue weighted by atomic mass is 79.9. The normalized spacial score (nSPS) is 17.7. The van der Waals surface area contributed by atoms with E-state index in [0.29, 0.717) is 9.57 Å². The number of ether oxygens (including phenoxy) is 1. The van der Waals surface area contributed by atoms with Crippen molar-refractivity contribution in [2.24, 2.45) is 0 Å². The average Bonchev–Trinajstić information content (AvgIpc) is 2.66. The molecule has 0 aliphatic carbocycles. The molecule has 0 fully saturated rings. The Hall–Kier alpha value is -1.39. The Morgan fingerprint density at radius 1 is 0.944 bits per heavy atom. The molecule has 0 amide bonds. The molecule has 18 heavy (non-hydrogen) atoms. The molecule has 1 unspecified atom stereocenters. The molecule has 0 saturated carbocycles. The summed E-state index contributed by atoms with van der Waals surface area (Å²) in [5, 5.41) is 0. The van der Waals surface area contributed by atoms with Gasteiger partial charge in [0.25, 0.3) is 0 Å². The third-order valence-corrected chi connectivity index (χ3v) is 5.14. The van der Waals surface area contributed by atoms with Crippen molar-refractivity contribution in [1.29, 1.82) is 0 Å². The van der Waals surface area contributed by atoms with Gasteiger partial charge < -0.3 is 4.74 Å². The van der Waals surface area contributed by atoms with Crippen LogP contribution in [0.1, 0.15) is 5.56 Å². The number of benzene rings is 2. The first kappa shape index (κ1) is 11.7. The van der Waals surface area contributed by atoms with Gasteiger partial charge in [-0.05, 0) is 40.2 Å². The second kappa shape index (κ2) is 4.71. The number of fused-ring (bicyclic) bond motifs is 1. The molecule has 0 N–H and O–H groups in total. The van der Waals surface area contributed by atoms with Crippen LogP contribution in [0.15, 0.2) is 63.3 Å². The van der Waals surface area contributed by atoms with E-state index in [1.54, 1.807) is 0 Å². The van der Waals surface area contributed by atoms with Gasteiger partial charge in [-0.1, -0.05) is 30.3 Å². The summed E-state index contributed by atoms with van der Waals surface area (Å²) in [6.45, 7) is 0. The maximum absolute atomic E-state index is 12.1. The van der Waals surface area contributed by atoms with Crippen LogP contribution < -0.4 is 4.74 Å². The Balaban J connectivity index is 2.04. The van der Waals surface area contributed by atoms with Gasteiger partial charge in [0.1, 0.15) is 9.56 Å². The number of hydrogen-bond acceptors (Lipinski definition) is 2. The molecule has 0 bridgehead atoms. The van der Waals surface area contributed by atoms with Crippen LogP contribution in [0.4, 0.5) is 0 Å². The van der Waals surface area contributed by atoms with Crippen LogP contribution in [0, 0.1) is 0 Å². The lowest BCUT2D eigenvalue weighted by atomic mass is 10.2. The van der Waals surface area contributed by atoms with Crippen LogP contribution in [0.3, 0.4) is 0 Å². The molecule has 0 radical (unpaired) electrons. The lowest BCUT2D eigenvalue weighted by Gasteiger charge is -2.07. The van der Waals surface area contributed by atoms with Crippen LogP contribution >= 0.6 is 15.9 Å². The van der Waals surface area contributed by atoms with E-state index in [-0.39, 0.29) is 0 Å². The molecule has 2 aromatic carbocycles. The summed E-state index contributed by atoms with van der Waals surface area (Å²) in [4.78, 5) is 0.787. The number of rotatable bonds is 2. The van der Waals surface area contributed by atoms with Crippen molar-refractivity contribution in [3.8, 4) is 5.75 Å². The summed E-state index contributed by atoms with van der Waals surface area (Å²) in [7, 11) is -1.17. The quantitative estimate of drug-likeness (QED) is 0.838. The number of hydrogen-bond donors (Lipinski definition) is 0. The predicted octanol–water partition coefficient (Wildman–Crippen LogP) is 3.91. The highest BCUT2D eigenvalue weighted by molar-refractivity contribution is 9.13. The van der Waals surface area contributed by atoms with E-state index in [1.807, 2.05) is 54.6 Å². The zero-order chi connectivity index (χ0) is 12.5. The van der Waals surface area contributed by atoms with Gasteiger partial charge in [-0.2, -0.15) is 0 Å². The van der Waals surface area contributed by atoms with Crippen LogP contribution in [-0.2, 0) is 10.8 Å². The molecule has 0 spiro atoms. The van der Waals surface area contributed by atoms with Crippen LogP contribution in [0.5, 0.6) is 5.75 Å². The Morgan fingerprint density at radius 2 is 1.61 bits per heavy atom. The Bertz CT molecular complexity index is 650. The summed E-state index contributed by atoms with van der Waals surface area (Å²) < 4.78 is 18.5. The van der Waals surface area contributed by atoms with E-state index in [9.17, 15) is 4.21 Å². The Kier molecular flexibility index (Phi) is 3.06. The smallest absolute Gasteiger partial charge is 0.159 e. The minimum absolute atomic E-state index is 0.590. The molecule has 1 heterocycles. The molecule has 2 nitrogen and oxygen atoms in total. The first-order chi connectivity index (χ1) is 8.77. The van der Waals surface area contributed by atoms with Crippen molar-refractivity contribution in [3.63, 3.8) is 0 Å². The number of halogens is 1. The summed E-state index contributed by atoms with van der Waals surface area (Å²) in [6, 6.07) is 17.0. The molecule has 0 aromatic heterocycles. The fourth-order valence-corrected chi connectivity index (χ4v) is 3.70. The van der Waals surface area contributed by atoms with Gasteiger partial charge in [-0.25, -0.2) is 4.21 Å². The second-order valence-corrected chi connectivity index (χ2v) is 6.49. The zero-order valence-corrected chi connectivity index (χ0v) is 11.7. The van der Waals surface area contributed by atoms with Gasteiger partial charge in [0, 0.05) is 5.56 Å². The fourth-order valence-electron chi connectivity index (χ4n) is 1.80. The molecule has 2 aromatic rings. The zero-order valence-electron chi connectivity index (χ0n) is 9.30. The topological polar surface area (TPSA) is 26.3 Å². The maximum atomic E-state index is 12.1. The van der Waals surface area contributed by atoms with Gasteiger partial charge in [-0.15, -0.1) is 0 Å². The summed E-state index contributed by atoms with van der Waals surface area (Å²) >= 11 is 3.36. The van der Waals surface area contributed by atoms with E-state index >= 15 is 0 Å². The summed E-state index contributed by atoms with van der Waals surface area (Å²) in [5.41, 5.74) is 0.881. The largest absolute Gasteiger partial charge is 0.455 e. The third kappa shape index (κ3) is 1.91. The molecular formula is C14H9BrO2S. The van der Waals surface area contributed by atoms with Crippen molar-refractivity contribution in [1.82, 2.24) is 0 Å². The molecular weight excluding hydrogens is 312 g/mol. The van der Waals surface area contributed by atoms with Crippen LogP contribution in [0.2, 0.25) is 0 Å². The van der Waals surface area contributed by atoms with E-state index in [2.05, 4.69) is 15.9 Å². The van der Waals surface area contributed by atoms with Crippen molar-refractivity contribution in [2.75, 3.05) is 0 Å². The SMILES string of the molecule is O=S1C(Br)=C(Oc2ccccc2)c2ccccc21. The van der Waals surface area contributed by atoms with E-state index in [0.717, 1.165) is 16.2 Å². The van der Waals surface area contributed by atoms with Gasteiger partial charge in [0.15, 0.2) is 5.76 Å². The lowest BCUT2D eigenvalue weighted by Crippen LogP contribution is -1.93. The predicted molar refractivity (Wildman–Crippen MR) is 75.8 cm³/mol.